The van der Waals surface area contributed by atoms with Crippen molar-refractivity contribution < 1.29 is 29.2 Å². The van der Waals surface area contributed by atoms with E-state index >= 15 is 0 Å². The largest absolute Gasteiger partial charge is 0.464 e. The highest BCUT2D eigenvalue weighted by molar-refractivity contribution is 5.71. The zero-order valence-electron chi connectivity index (χ0n) is 19.6. The molecule has 32 heavy (non-hydrogen) atoms. The molecule has 1 heterocycles. The summed E-state index contributed by atoms with van der Waals surface area (Å²) >= 11 is 0. The summed E-state index contributed by atoms with van der Waals surface area (Å²) in [6, 6.07) is 0. The van der Waals surface area contributed by atoms with Gasteiger partial charge in [0.15, 0.2) is 6.29 Å². The lowest BCUT2D eigenvalue weighted by molar-refractivity contribution is -0.183. The van der Waals surface area contributed by atoms with Gasteiger partial charge in [-0.2, -0.15) is 0 Å². The minimum absolute atomic E-state index is 0.0331. The summed E-state index contributed by atoms with van der Waals surface area (Å²) in [4.78, 5) is 11.8. The predicted octanol–water partition coefficient (Wildman–Crippen LogP) is 2.08. The number of rotatable bonds is 7. The molecular weight excluding hydrogens is 410 g/mol. The first-order valence-corrected chi connectivity index (χ1v) is 12.8. The summed E-state index contributed by atoms with van der Waals surface area (Å²) < 4.78 is 17.5. The molecule has 1 aliphatic heterocycles. The molecule has 0 aromatic carbocycles. The van der Waals surface area contributed by atoms with Crippen molar-refractivity contribution in [1.29, 1.82) is 0 Å². The molecule has 4 saturated carbocycles. The van der Waals surface area contributed by atoms with Crippen molar-refractivity contribution in [2.24, 2.45) is 52.1 Å². The maximum Gasteiger partial charge on any atom is 0.319 e. The second-order valence-electron chi connectivity index (χ2n) is 11.5. The van der Waals surface area contributed by atoms with Crippen LogP contribution in [0.1, 0.15) is 58.8 Å². The van der Waals surface area contributed by atoms with Gasteiger partial charge in [-0.05, 0) is 78.9 Å². The van der Waals surface area contributed by atoms with Crippen LogP contribution in [0.3, 0.4) is 0 Å². The number of carbonyl (C=O) groups excluding carboxylic acids is 1. The monoisotopic (exact) mass is 451 g/mol. The van der Waals surface area contributed by atoms with Crippen molar-refractivity contribution in [1.82, 2.24) is 0 Å². The fraction of sp³-hybridized carbons (Fsp3) is 0.960. The minimum Gasteiger partial charge on any atom is -0.464 e. The molecule has 1 spiro atoms. The van der Waals surface area contributed by atoms with Gasteiger partial charge in [-0.25, -0.2) is 0 Å². The maximum absolute atomic E-state index is 11.8. The third kappa shape index (κ3) is 3.37. The molecule has 7 heteroatoms. The smallest absolute Gasteiger partial charge is 0.319 e. The number of ether oxygens (including phenoxy) is 3. The lowest BCUT2D eigenvalue weighted by Gasteiger charge is -2.60. The molecule has 4 N–H and O–H groups in total. The molecule has 4 aliphatic carbocycles. The van der Waals surface area contributed by atoms with Crippen molar-refractivity contribution in [3.63, 3.8) is 0 Å². The molecule has 182 valence electrons. The van der Waals surface area contributed by atoms with Crippen molar-refractivity contribution in [3.8, 4) is 0 Å². The number of hydrogen-bond acceptors (Lipinski definition) is 7. The molecule has 1 saturated heterocycles. The Bertz CT molecular complexity index is 719. The predicted molar refractivity (Wildman–Crippen MR) is 117 cm³/mol. The van der Waals surface area contributed by atoms with Crippen LogP contribution < -0.4 is 5.73 Å². The second kappa shape index (κ2) is 8.49. The summed E-state index contributed by atoms with van der Waals surface area (Å²) in [5.74, 6) is 1.75. The Hall–Kier alpha value is -0.730. The van der Waals surface area contributed by atoms with Crippen molar-refractivity contribution in [3.05, 3.63) is 0 Å². The standard InChI is InChI=1S/C25H41NO6/c1-3-4-20(28)32-19-9-16-15-6-5-14-12-30-8-7-24(14,2)22(15)18(27)10-25(16)17(23(19)25)13-31-21(29)11-26/h14-20,22-23,27-28H,3-13,26H2,1-2H3/t14?,15?,16?,17?,18-,19?,20?,22?,23?,24-,25-/m0/s1. The van der Waals surface area contributed by atoms with Crippen LogP contribution in [0.5, 0.6) is 0 Å². The third-order valence-corrected chi connectivity index (χ3v) is 10.3. The van der Waals surface area contributed by atoms with Crippen molar-refractivity contribution >= 4 is 5.97 Å². The number of nitrogens with two attached hydrogens (primary N) is 1. The minimum atomic E-state index is -0.750. The van der Waals surface area contributed by atoms with Gasteiger partial charge in [0, 0.05) is 19.1 Å². The van der Waals surface area contributed by atoms with Gasteiger partial charge in [-0.3, -0.25) is 4.79 Å². The number of fused-ring (bicyclic) bond motifs is 4. The molecular formula is C25H41NO6. The number of carbonyl (C=O) groups is 1. The molecule has 8 unspecified atom stereocenters. The van der Waals surface area contributed by atoms with Gasteiger partial charge in [-0.1, -0.05) is 20.3 Å². The van der Waals surface area contributed by atoms with E-state index in [9.17, 15) is 15.0 Å². The number of esters is 1. The first-order valence-electron chi connectivity index (χ1n) is 12.8. The average Bonchev–Trinajstić information content (AvgIpc) is 3.26. The zero-order valence-corrected chi connectivity index (χ0v) is 19.6. The van der Waals surface area contributed by atoms with Crippen LogP contribution in [0.15, 0.2) is 0 Å². The molecule has 0 radical (unpaired) electrons. The van der Waals surface area contributed by atoms with Crippen LogP contribution in [0, 0.1) is 46.3 Å². The zero-order chi connectivity index (χ0) is 22.7. The van der Waals surface area contributed by atoms with Crippen LogP contribution in [-0.2, 0) is 19.0 Å². The van der Waals surface area contributed by atoms with E-state index in [0.717, 1.165) is 51.7 Å². The average molecular weight is 452 g/mol. The van der Waals surface area contributed by atoms with Crippen LogP contribution in [0.2, 0.25) is 0 Å². The highest BCUT2D eigenvalue weighted by atomic mass is 16.6. The molecule has 0 aromatic heterocycles. The molecule has 0 bridgehead atoms. The van der Waals surface area contributed by atoms with E-state index in [1.165, 1.54) is 0 Å². The van der Waals surface area contributed by atoms with E-state index < -0.39 is 6.29 Å². The summed E-state index contributed by atoms with van der Waals surface area (Å²) in [5.41, 5.74) is 5.53. The Balaban J connectivity index is 1.41. The molecule has 5 fully saturated rings. The first-order chi connectivity index (χ1) is 15.4. The lowest BCUT2D eigenvalue weighted by Crippen LogP contribution is -2.58. The lowest BCUT2D eigenvalue weighted by atomic mass is 9.47. The quantitative estimate of drug-likeness (QED) is 0.401. The third-order valence-electron chi connectivity index (χ3n) is 10.3. The molecule has 5 rings (SSSR count). The Kier molecular flexibility index (Phi) is 6.11. The molecule has 7 nitrogen and oxygen atoms in total. The SMILES string of the molecule is CCCC(O)OC1CC2C3CCC4COCC[C@]4(C)C3[C@@H](O)C[C@@]23C(COC(=O)CN)C13. The summed E-state index contributed by atoms with van der Waals surface area (Å²) in [5, 5.41) is 22.0. The fourth-order valence-electron chi connectivity index (χ4n) is 8.98. The van der Waals surface area contributed by atoms with Crippen molar-refractivity contribution in [2.45, 2.75) is 77.3 Å². The number of aliphatic hydroxyl groups is 2. The van der Waals surface area contributed by atoms with Gasteiger partial charge in [0.25, 0.3) is 0 Å². The highest BCUT2D eigenvalue weighted by Crippen LogP contribution is 2.79. The normalized spacial score (nSPS) is 49.9. The summed E-state index contributed by atoms with van der Waals surface area (Å²) in [6.07, 6.45) is 5.35. The number of hydrogen-bond donors (Lipinski definition) is 3. The van der Waals surface area contributed by atoms with Gasteiger partial charge in [0.2, 0.25) is 0 Å². The Morgan fingerprint density at radius 3 is 2.88 bits per heavy atom. The van der Waals surface area contributed by atoms with Crippen molar-refractivity contribution in [2.75, 3.05) is 26.4 Å². The summed E-state index contributed by atoms with van der Waals surface area (Å²) in [7, 11) is 0. The van der Waals surface area contributed by atoms with Gasteiger partial charge in [-0.15, -0.1) is 0 Å². The van der Waals surface area contributed by atoms with Gasteiger partial charge in [0.05, 0.1) is 25.4 Å². The Morgan fingerprint density at radius 1 is 1.31 bits per heavy atom. The summed E-state index contributed by atoms with van der Waals surface area (Å²) in [6.45, 7) is 6.27. The Morgan fingerprint density at radius 2 is 2.12 bits per heavy atom. The highest BCUT2D eigenvalue weighted by Gasteiger charge is 2.79. The van der Waals surface area contributed by atoms with Gasteiger partial charge < -0.3 is 30.2 Å². The van der Waals surface area contributed by atoms with E-state index in [2.05, 4.69) is 6.92 Å². The maximum atomic E-state index is 11.8. The van der Waals surface area contributed by atoms with Crippen LogP contribution in [0.4, 0.5) is 0 Å². The van der Waals surface area contributed by atoms with Gasteiger partial charge >= 0.3 is 5.97 Å². The molecule has 5 aliphatic rings. The van der Waals surface area contributed by atoms with Crippen LogP contribution in [0.25, 0.3) is 0 Å². The Labute approximate surface area is 191 Å². The van der Waals surface area contributed by atoms with Gasteiger partial charge in [0.1, 0.15) is 0 Å². The van der Waals surface area contributed by atoms with Crippen LogP contribution >= 0.6 is 0 Å². The van der Waals surface area contributed by atoms with E-state index in [1.807, 2.05) is 6.92 Å². The molecule has 0 aromatic rings. The first kappa shape index (κ1) is 23.0. The van der Waals surface area contributed by atoms with E-state index in [4.69, 9.17) is 19.9 Å². The van der Waals surface area contributed by atoms with E-state index in [1.54, 1.807) is 0 Å². The second-order valence-corrected chi connectivity index (χ2v) is 11.5. The molecule has 11 atom stereocenters. The number of aliphatic hydroxyl groups excluding tert-OH is 2. The van der Waals surface area contributed by atoms with E-state index in [0.29, 0.717) is 30.8 Å². The fourth-order valence-corrected chi connectivity index (χ4v) is 8.98. The topological polar surface area (TPSA) is 111 Å². The molecule has 0 amide bonds. The van der Waals surface area contributed by atoms with Crippen LogP contribution in [-0.4, -0.2) is 61.0 Å². The van der Waals surface area contributed by atoms with E-state index in [-0.39, 0.29) is 53.3 Å².